The van der Waals surface area contributed by atoms with Crippen LogP contribution >= 0.6 is 0 Å². The SMILES string of the molecule is CN(Cc1ccc(F)cc1)c1nc2ccccc2o1. The van der Waals surface area contributed by atoms with E-state index in [1.54, 1.807) is 12.1 Å². The molecule has 3 rings (SSSR count). The minimum Gasteiger partial charge on any atom is -0.423 e. The van der Waals surface area contributed by atoms with Gasteiger partial charge in [0.15, 0.2) is 5.58 Å². The van der Waals surface area contributed by atoms with Crippen LogP contribution < -0.4 is 4.90 Å². The lowest BCUT2D eigenvalue weighted by molar-refractivity contribution is 0.582. The van der Waals surface area contributed by atoms with Gasteiger partial charge in [0.2, 0.25) is 0 Å². The molecular weight excluding hydrogens is 243 g/mol. The molecule has 96 valence electrons. The topological polar surface area (TPSA) is 29.3 Å². The van der Waals surface area contributed by atoms with Crippen LogP contribution in [0.5, 0.6) is 0 Å². The number of anilines is 1. The van der Waals surface area contributed by atoms with Crippen LogP contribution in [0.15, 0.2) is 52.9 Å². The summed E-state index contributed by atoms with van der Waals surface area (Å²) < 4.78 is 18.5. The molecule has 4 heteroatoms. The van der Waals surface area contributed by atoms with Gasteiger partial charge in [-0.2, -0.15) is 4.98 Å². The van der Waals surface area contributed by atoms with Gasteiger partial charge in [-0.25, -0.2) is 4.39 Å². The Bertz CT molecular complexity index is 658. The molecule has 0 N–H and O–H groups in total. The first-order chi connectivity index (χ1) is 9.22. The minimum atomic E-state index is -0.228. The average Bonchev–Trinajstić information content (AvgIpc) is 2.85. The number of rotatable bonds is 3. The van der Waals surface area contributed by atoms with Crippen molar-refractivity contribution in [3.8, 4) is 0 Å². The Morgan fingerprint density at radius 1 is 1.11 bits per heavy atom. The zero-order valence-electron chi connectivity index (χ0n) is 10.5. The van der Waals surface area contributed by atoms with Crippen molar-refractivity contribution in [1.29, 1.82) is 0 Å². The molecule has 19 heavy (non-hydrogen) atoms. The van der Waals surface area contributed by atoms with E-state index < -0.39 is 0 Å². The standard InChI is InChI=1S/C15H13FN2O/c1-18(10-11-6-8-12(16)9-7-11)15-17-13-4-2-3-5-14(13)19-15/h2-9H,10H2,1H3. The molecule has 3 nitrogen and oxygen atoms in total. The number of oxazole rings is 1. The van der Waals surface area contributed by atoms with Crippen LogP contribution in [0.2, 0.25) is 0 Å². The van der Waals surface area contributed by atoms with Crippen molar-refractivity contribution in [2.75, 3.05) is 11.9 Å². The Balaban J connectivity index is 1.83. The Morgan fingerprint density at radius 3 is 2.58 bits per heavy atom. The smallest absolute Gasteiger partial charge is 0.298 e. The lowest BCUT2D eigenvalue weighted by atomic mass is 10.2. The fourth-order valence-electron chi connectivity index (χ4n) is 1.95. The predicted molar refractivity (Wildman–Crippen MR) is 72.5 cm³/mol. The van der Waals surface area contributed by atoms with E-state index >= 15 is 0 Å². The fraction of sp³-hybridized carbons (Fsp3) is 0.133. The third-order valence-electron chi connectivity index (χ3n) is 2.94. The summed E-state index contributed by atoms with van der Waals surface area (Å²) in [4.78, 5) is 6.31. The zero-order chi connectivity index (χ0) is 13.2. The number of para-hydroxylation sites is 2. The van der Waals surface area contributed by atoms with Crippen LogP contribution in [0.25, 0.3) is 11.1 Å². The Kier molecular flexibility index (Phi) is 2.91. The number of fused-ring (bicyclic) bond motifs is 1. The molecule has 0 aliphatic rings. The highest BCUT2D eigenvalue weighted by atomic mass is 19.1. The van der Waals surface area contributed by atoms with Crippen LogP contribution in [-0.4, -0.2) is 12.0 Å². The minimum absolute atomic E-state index is 0.228. The molecule has 0 amide bonds. The molecular formula is C15H13FN2O. The van der Waals surface area contributed by atoms with Gasteiger partial charge in [0, 0.05) is 13.6 Å². The second kappa shape index (κ2) is 4.72. The van der Waals surface area contributed by atoms with Gasteiger partial charge in [-0.15, -0.1) is 0 Å². The summed E-state index contributed by atoms with van der Waals surface area (Å²) in [6.45, 7) is 0.618. The maximum Gasteiger partial charge on any atom is 0.298 e. The van der Waals surface area contributed by atoms with Crippen LogP contribution in [0, 0.1) is 5.82 Å². The predicted octanol–water partition coefficient (Wildman–Crippen LogP) is 3.60. The van der Waals surface area contributed by atoms with Crippen molar-refractivity contribution in [3.63, 3.8) is 0 Å². The van der Waals surface area contributed by atoms with Gasteiger partial charge in [-0.3, -0.25) is 0 Å². The molecule has 1 heterocycles. The molecule has 0 fully saturated rings. The van der Waals surface area contributed by atoms with Crippen molar-refractivity contribution in [2.45, 2.75) is 6.54 Å². The van der Waals surface area contributed by atoms with Crippen molar-refractivity contribution < 1.29 is 8.81 Å². The maximum absolute atomic E-state index is 12.8. The number of aromatic nitrogens is 1. The molecule has 1 aromatic heterocycles. The Hall–Kier alpha value is -2.36. The van der Waals surface area contributed by atoms with E-state index in [9.17, 15) is 4.39 Å². The van der Waals surface area contributed by atoms with Gasteiger partial charge < -0.3 is 9.32 Å². The average molecular weight is 256 g/mol. The molecule has 2 aromatic carbocycles. The molecule has 0 bridgehead atoms. The van der Waals surface area contributed by atoms with Crippen molar-refractivity contribution >= 4 is 17.1 Å². The van der Waals surface area contributed by atoms with Gasteiger partial charge in [-0.1, -0.05) is 24.3 Å². The summed E-state index contributed by atoms with van der Waals surface area (Å²) in [7, 11) is 1.90. The van der Waals surface area contributed by atoms with Gasteiger partial charge in [0.25, 0.3) is 6.01 Å². The number of halogens is 1. The van der Waals surface area contributed by atoms with Crippen molar-refractivity contribution in [3.05, 3.63) is 59.9 Å². The van der Waals surface area contributed by atoms with Gasteiger partial charge >= 0.3 is 0 Å². The lowest BCUT2D eigenvalue weighted by Crippen LogP contribution is -2.16. The first kappa shape index (κ1) is 11.7. The van der Waals surface area contributed by atoms with E-state index in [-0.39, 0.29) is 5.82 Å². The fourth-order valence-corrected chi connectivity index (χ4v) is 1.95. The van der Waals surface area contributed by atoms with Crippen LogP contribution in [-0.2, 0) is 6.54 Å². The second-order valence-electron chi connectivity index (χ2n) is 4.45. The summed E-state index contributed by atoms with van der Waals surface area (Å²) in [5, 5.41) is 0. The first-order valence-corrected chi connectivity index (χ1v) is 6.03. The molecule has 0 unspecified atom stereocenters. The third-order valence-corrected chi connectivity index (χ3v) is 2.94. The highest BCUT2D eigenvalue weighted by Gasteiger charge is 2.10. The van der Waals surface area contributed by atoms with Crippen LogP contribution in [0.3, 0.4) is 0 Å². The molecule has 0 saturated heterocycles. The summed E-state index contributed by atoms with van der Waals surface area (Å²) in [6, 6.07) is 14.6. The molecule has 0 spiro atoms. The molecule has 0 aliphatic carbocycles. The van der Waals surface area contributed by atoms with Gasteiger partial charge in [0.05, 0.1) is 0 Å². The second-order valence-corrected chi connectivity index (χ2v) is 4.45. The Labute approximate surface area is 110 Å². The molecule has 0 aliphatic heterocycles. The van der Waals surface area contributed by atoms with E-state index in [0.717, 1.165) is 16.7 Å². The maximum atomic E-state index is 12.8. The summed E-state index contributed by atoms with van der Waals surface area (Å²) in [5.41, 5.74) is 2.61. The Morgan fingerprint density at radius 2 is 1.84 bits per heavy atom. The lowest BCUT2D eigenvalue weighted by Gasteiger charge is -2.14. The molecule has 0 atom stereocenters. The quantitative estimate of drug-likeness (QED) is 0.717. The van der Waals surface area contributed by atoms with Crippen LogP contribution in [0.4, 0.5) is 10.4 Å². The normalized spacial score (nSPS) is 10.8. The zero-order valence-corrected chi connectivity index (χ0v) is 10.5. The van der Waals surface area contributed by atoms with Gasteiger partial charge in [-0.05, 0) is 29.8 Å². The third kappa shape index (κ3) is 2.42. The largest absolute Gasteiger partial charge is 0.423 e. The number of hydrogen-bond acceptors (Lipinski definition) is 3. The molecule has 0 radical (unpaired) electrons. The first-order valence-electron chi connectivity index (χ1n) is 6.03. The van der Waals surface area contributed by atoms with E-state index in [1.807, 2.05) is 36.2 Å². The highest BCUT2D eigenvalue weighted by Crippen LogP contribution is 2.21. The number of nitrogens with zero attached hydrogens (tertiary/aromatic N) is 2. The van der Waals surface area contributed by atoms with E-state index in [4.69, 9.17) is 4.42 Å². The van der Waals surface area contributed by atoms with E-state index in [2.05, 4.69) is 4.98 Å². The van der Waals surface area contributed by atoms with Crippen molar-refractivity contribution in [1.82, 2.24) is 4.98 Å². The summed E-state index contributed by atoms with van der Waals surface area (Å²) in [6.07, 6.45) is 0. The number of hydrogen-bond donors (Lipinski definition) is 0. The summed E-state index contributed by atoms with van der Waals surface area (Å²) in [5.74, 6) is -0.228. The van der Waals surface area contributed by atoms with E-state index in [0.29, 0.717) is 12.6 Å². The van der Waals surface area contributed by atoms with Gasteiger partial charge in [0.1, 0.15) is 11.3 Å². The van der Waals surface area contributed by atoms with E-state index in [1.165, 1.54) is 12.1 Å². The molecule has 0 saturated carbocycles. The summed E-state index contributed by atoms with van der Waals surface area (Å²) >= 11 is 0. The molecule has 3 aromatic rings. The highest BCUT2D eigenvalue weighted by molar-refractivity contribution is 5.74. The monoisotopic (exact) mass is 256 g/mol. The van der Waals surface area contributed by atoms with Crippen LogP contribution in [0.1, 0.15) is 5.56 Å². The number of benzene rings is 2. The van der Waals surface area contributed by atoms with Crippen molar-refractivity contribution in [2.24, 2.45) is 0 Å².